The van der Waals surface area contributed by atoms with Crippen LogP contribution in [0.25, 0.3) is 0 Å². The number of amides is 1. The topological polar surface area (TPSA) is 40.5 Å². The van der Waals surface area contributed by atoms with Crippen LogP contribution in [0.5, 0.6) is 0 Å². The second-order valence-electron chi connectivity index (χ2n) is 5.03. The molecule has 0 aromatic carbocycles. The zero-order chi connectivity index (χ0) is 10.8. The summed E-state index contributed by atoms with van der Waals surface area (Å²) >= 11 is 0. The monoisotopic (exact) mass is 211 g/mol. The lowest BCUT2D eigenvalue weighted by molar-refractivity contribution is -0.137. The van der Waals surface area contributed by atoms with E-state index in [1.54, 1.807) is 0 Å². The maximum absolute atomic E-state index is 12.2. The highest BCUT2D eigenvalue weighted by Crippen LogP contribution is 2.31. The van der Waals surface area contributed by atoms with Crippen molar-refractivity contribution in [2.24, 2.45) is 11.8 Å². The molecule has 0 bridgehead atoms. The molecule has 0 aromatic heterocycles. The summed E-state index contributed by atoms with van der Waals surface area (Å²) in [5, 5.41) is 9.30. The predicted molar refractivity (Wildman–Crippen MR) is 58.3 cm³/mol. The van der Waals surface area contributed by atoms with Crippen LogP contribution >= 0.6 is 0 Å². The molecule has 1 saturated heterocycles. The van der Waals surface area contributed by atoms with E-state index in [0.717, 1.165) is 25.8 Å². The minimum absolute atomic E-state index is 0.0816. The van der Waals surface area contributed by atoms with Gasteiger partial charge in [0.2, 0.25) is 5.91 Å². The van der Waals surface area contributed by atoms with Crippen molar-refractivity contribution in [1.29, 1.82) is 0 Å². The van der Waals surface area contributed by atoms with Gasteiger partial charge >= 0.3 is 0 Å². The number of nitrogens with zero attached hydrogens (tertiary/aromatic N) is 1. The molecule has 1 amide bonds. The lowest BCUT2D eigenvalue weighted by Gasteiger charge is -2.27. The Morgan fingerprint density at radius 2 is 2.00 bits per heavy atom. The molecule has 0 aromatic rings. The fourth-order valence-electron chi connectivity index (χ4n) is 2.97. The van der Waals surface area contributed by atoms with Gasteiger partial charge in [0, 0.05) is 12.5 Å². The standard InChI is InChI=1S/C12H21NO2/c1-9-6-7-13(11(9)8-14)12(15)10-4-2-3-5-10/h9-11,14H,2-8H2,1H3. The number of rotatable bonds is 2. The fraction of sp³-hybridized carbons (Fsp3) is 0.917. The molecule has 2 unspecified atom stereocenters. The van der Waals surface area contributed by atoms with Gasteiger partial charge in [-0.15, -0.1) is 0 Å². The van der Waals surface area contributed by atoms with Gasteiger partial charge in [0.15, 0.2) is 0 Å². The maximum atomic E-state index is 12.2. The van der Waals surface area contributed by atoms with Crippen LogP contribution < -0.4 is 0 Å². The van der Waals surface area contributed by atoms with E-state index < -0.39 is 0 Å². The van der Waals surface area contributed by atoms with E-state index in [-0.39, 0.29) is 18.6 Å². The highest BCUT2D eigenvalue weighted by atomic mass is 16.3. The van der Waals surface area contributed by atoms with Crippen molar-refractivity contribution in [3.63, 3.8) is 0 Å². The lowest BCUT2D eigenvalue weighted by Crippen LogP contribution is -2.42. The number of carbonyl (C=O) groups excluding carboxylic acids is 1. The van der Waals surface area contributed by atoms with Gasteiger partial charge in [0.25, 0.3) is 0 Å². The summed E-state index contributed by atoms with van der Waals surface area (Å²) in [4.78, 5) is 14.1. The molecule has 2 atom stereocenters. The summed E-state index contributed by atoms with van der Waals surface area (Å²) in [6.07, 6.45) is 5.56. The van der Waals surface area contributed by atoms with E-state index in [9.17, 15) is 9.90 Å². The Kier molecular flexibility index (Phi) is 3.29. The summed E-state index contributed by atoms with van der Waals surface area (Å²) in [5.74, 6) is 1.01. The van der Waals surface area contributed by atoms with Crippen molar-refractivity contribution in [1.82, 2.24) is 4.90 Å². The SMILES string of the molecule is CC1CCN(C(=O)C2CCCC2)C1CO. The molecule has 1 heterocycles. The fourth-order valence-corrected chi connectivity index (χ4v) is 2.97. The number of hydrogen-bond acceptors (Lipinski definition) is 2. The van der Waals surface area contributed by atoms with Gasteiger partial charge in [-0.25, -0.2) is 0 Å². The van der Waals surface area contributed by atoms with E-state index in [1.165, 1.54) is 12.8 Å². The summed E-state index contributed by atoms with van der Waals surface area (Å²) in [5.41, 5.74) is 0. The molecule has 2 rings (SSSR count). The summed E-state index contributed by atoms with van der Waals surface area (Å²) in [6.45, 7) is 3.10. The van der Waals surface area contributed by atoms with Gasteiger partial charge in [-0.05, 0) is 25.2 Å². The third-order valence-corrected chi connectivity index (χ3v) is 4.06. The minimum Gasteiger partial charge on any atom is -0.394 e. The minimum atomic E-state index is 0.0816. The zero-order valence-electron chi connectivity index (χ0n) is 9.48. The number of aliphatic hydroxyl groups is 1. The van der Waals surface area contributed by atoms with Crippen LogP contribution in [0.15, 0.2) is 0 Å². The van der Waals surface area contributed by atoms with Crippen LogP contribution in [-0.4, -0.2) is 35.1 Å². The number of aliphatic hydroxyl groups excluding tert-OH is 1. The number of likely N-dealkylation sites (tertiary alicyclic amines) is 1. The van der Waals surface area contributed by atoms with E-state index in [1.807, 2.05) is 4.90 Å². The van der Waals surface area contributed by atoms with E-state index in [4.69, 9.17) is 0 Å². The average Bonchev–Trinajstić information content (AvgIpc) is 2.85. The normalized spacial score (nSPS) is 32.5. The molecular formula is C12H21NO2. The second kappa shape index (κ2) is 4.52. The van der Waals surface area contributed by atoms with Crippen LogP contribution in [-0.2, 0) is 4.79 Å². The smallest absolute Gasteiger partial charge is 0.226 e. The highest BCUT2D eigenvalue weighted by molar-refractivity contribution is 5.79. The van der Waals surface area contributed by atoms with Crippen molar-refractivity contribution in [2.75, 3.05) is 13.2 Å². The molecule has 0 spiro atoms. The summed E-state index contributed by atoms with van der Waals surface area (Å²) in [7, 11) is 0. The van der Waals surface area contributed by atoms with Gasteiger partial charge in [-0.2, -0.15) is 0 Å². The number of carbonyl (C=O) groups is 1. The summed E-state index contributed by atoms with van der Waals surface area (Å²) < 4.78 is 0. The Morgan fingerprint density at radius 3 is 2.60 bits per heavy atom. The van der Waals surface area contributed by atoms with Crippen molar-refractivity contribution in [3.8, 4) is 0 Å². The first-order valence-electron chi connectivity index (χ1n) is 6.15. The van der Waals surface area contributed by atoms with Crippen LogP contribution in [0.1, 0.15) is 39.0 Å². The first-order chi connectivity index (χ1) is 7.24. The van der Waals surface area contributed by atoms with Crippen molar-refractivity contribution >= 4 is 5.91 Å². The largest absolute Gasteiger partial charge is 0.394 e. The molecule has 15 heavy (non-hydrogen) atoms. The van der Waals surface area contributed by atoms with Gasteiger partial charge in [0.05, 0.1) is 12.6 Å². The van der Waals surface area contributed by atoms with Crippen molar-refractivity contribution in [2.45, 2.75) is 45.1 Å². The Bertz CT molecular complexity index is 236. The molecule has 3 nitrogen and oxygen atoms in total. The van der Waals surface area contributed by atoms with Gasteiger partial charge in [-0.3, -0.25) is 4.79 Å². The second-order valence-corrected chi connectivity index (χ2v) is 5.03. The Morgan fingerprint density at radius 1 is 1.33 bits per heavy atom. The van der Waals surface area contributed by atoms with E-state index in [0.29, 0.717) is 11.8 Å². The molecule has 1 aliphatic carbocycles. The molecule has 2 aliphatic rings. The average molecular weight is 211 g/mol. The van der Waals surface area contributed by atoms with Crippen LogP contribution in [0.2, 0.25) is 0 Å². The first kappa shape index (κ1) is 10.9. The molecule has 1 saturated carbocycles. The Balaban J connectivity index is 2.00. The van der Waals surface area contributed by atoms with Crippen LogP contribution in [0.4, 0.5) is 0 Å². The number of hydrogen-bond donors (Lipinski definition) is 1. The van der Waals surface area contributed by atoms with Crippen molar-refractivity contribution in [3.05, 3.63) is 0 Å². The Labute approximate surface area is 91.5 Å². The maximum Gasteiger partial charge on any atom is 0.226 e. The quantitative estimate of drug-likeness (QED) is 0.750. The summed E-state index contributed by atoms with van der Waals surface area (Å²) in [6, 6.07) is 0.0816. The molecule has 1 aliphatic heterocycles. The highest BCUT2D eigenvalue weighted by Gasteiger charge is 2.37. The zero-order valence-corrected chi connectivity index (χ0v) is 9.48. The third-order valence-electron chi connectivity index (χ3n) is 4.06. The van der Waals surface area contributed by atoms with Crippen LogP contribution in [0.3, 0.4) is 0 Å². The van der Waals surface area contributed by atoms with E-state index in [2.05, 4.69) is 6.92 Å². The van der Waals surface area contributed by atoms with Gasteiger partial charge in [-0.1, -0.05) is 19.8 Å². The molecule has 1 N–H and O–H groups in total. The molecule has 86 valence electrons. The molecular weight excluding hydrogens is 190 g/mol. The third kappa shape index (κ3) is 2.03. The molecule has 0 radical (unpaired) electrons. The van der Waals surface area contributed by atoms with Crippen LogP contribution in [0, 0.1) is 11.8 Å². The molecule has 2 fully saturated rings. The van der Waals surface area contributed by atoms with Gasteiger partial charge in [0.1, 0.15) is 0 Å². The predicted octanol–water partition coefficient (Wildman–Crippen LogP) is 1.41. The Hall–Kier alpha value is -0.570. The van der Waals surface area contributed by atoms with E-state index >= 15 is 0 Å². The van der Waals surface area contributed by atoms with Crippen molar-refractivity contribution < 1.29 is 9.90 Å². The molecule has 3 heteroatoms. The lowest BCUT2D eigenvalue weighted by atomic mass is 10.0. The first-order valence-corrected chi connectivity index (χ1v) is 6.15. The van der Waals surface area contributed by atoms with Gasteiger partial charge < -0.3 is 10.0 Å².